The summed E-state index contributed by atoms with van der Waals surface area (Å²) in [5.74, 6) is 0. The molecule has 0 radical (unpaired) electrons. The van der Waals surface area contributed by atoms with Gasteiger partial charge in [-0.25, -0.2) is 0 Å². The van der Waals surface area contributed by atoms with Gasteiger partial charge >= 0.3 is 0 Å². The average Bonchev–Trinajstić information content (AvgIpc) is 1.40. The van der Waals surface area contributed by atoms with E-state index in [-0.39, 0.29) is 43.6 Å². The topological polar surface area (TPSA) is 22.4 Å². The summed E-state index contributed by atoms with van der Waals surface area (Å²) in [4.78, 5) is 2.37. The number of nitrogens with zero attached hydrogens (tertiary/aromatic N) is 5. The summed E-state index contributed by atoms with van der Waals surface area (Å²) in [7, 11) is 0. The molecule has 466 valence electrons. The van der Waals surface area contributed by atoms with Gasteiger partial charge in [0.1, 0.15) is 0 Å². The SMILES string of the molecule is [2H]c1c([2H])c([2H])c2c(c1[2H])c1c([2H])c([2H])c([2H])c([2H])c1n2-c1ccc2c(c1)N(c1c(-c3ccccc3)cccc1-c1ccccc1)c1c3c(cc4c1c1cccc5c6ccccc6c6ccccc6c6ccccc6n4c51)-n1c4ccc(C(C)(C)C)cc4c4cc(-n5c6c([2H])c([2H])c([2H])c([2H])c6c6c([2H])c([2H])c([2H])c([2H])c65)cc(c41)B23. The van der Waals surface area contributed by atoms with E-state index in [4.69, 9.17) is 5.48 Å². The summed E-state index contributed by atoms with van der Waals surface area (Å²) in [5.41, 5.74) is 13.8. The van der Waals surface area contributed by atoms with Crippen molar-refractivity contribution in [2.24, 2.45) is 0 Å². The first-order chi connectivity index (χ1) is 56.0. The number of rotatable bonds is 5. The Morgan fingerprint density at radius 1 is 0.310 bits per heavy atom. The third kappa shape index (κ3) is 7.51. The summed E-state index contributed by atoms with van der Waals surface area (Å²) >= 11 is 0. The number of hydrogen-bond acceptors (Lipinski definition) is 1. The third-order valence-corrected chi connectivity index (χ3v) is 21.3. The van der Waals surface area contributed by atoms with E-state index in [0.717, 1.165) is 132 Å². The van der Waals surface area contributed by atoms with E-state index >= 15 is 0 Å². The first kappa shape index (κ1) is 42.1. The smallest absolute Gasteiger partial charge is 0.252 e. The Labute approximate surface area is 599 Å². The van der Waals surface area contributed by atoms with Gasteiger partial charge in [-0.3, -0.25) is 0 Å². The highest BCUT2D eigenvalue weighted by Crippen LogP contribution is 2.54. The molecule has 20 aromatic rings. The van der Waals surface area contributed by atoms with E-state index in [2.05, 4.69) is 192 Å². The van der Waals surface area contributed by atoms with Gasteiger partial charge in [-0.1, -0.05) is 269 Å². The van der Waals surface area contributed by atoms with Gasteiger partial charge in [0.2, 0.25) is 0 Å². The van der Waals surface area contributed by atoms with Crippen LogP contribution >= 0.6 is 0 Å². The van der Waals surface area contributed by atoms with Crippen molar-refractivity contribution in [2.75, 3.05) is 4.90 Å². The fraction of sp³-hybridized carbons (Fsp3) is 0.0426. The summed E-state index contributed by atoms with van der Waals surface area (Å²) in [6.45, 7) is 5.63. The molecule has 15 aromatic carbocycles. The Morgan fingerprint density at radius 2 is 0.820 bits per heavy atom. The van der Waals surface area contributed by atoms with Gasteiger partial charge in [-0.05, 0) is 133 Å². The molecule has 0 unspecified atom stereocenters. The Bertz CT molecular complexity index is 7830. The highest BCUT2D eigenvalue weighted by molar-refractivity contribution is 7.00. The van der Waals surface area contributed by atoms with Crippen molar-refractivity contribution >= 4 is 165 Å². The molecule has 0 amide bonds. The standard InChI is InChI=1S/C94H62BN5/c1-94(2,3)59-48-51-84-75(52-59)76-53-61(97-81-45-21-17-37-71(81)72-38-18-22-46-82(72)97)54-78-92(76)99(84)87-56-86-88(74-42-25-41-73-67-33-13-11-31-65(67)64-30-10-12-32-66(64)68-34-14-23-47-83(68)98(86)91(73)74)93-89(87)95(78)77-50-49-60(96-79-43-19-15-35-69(79)70-36-16-20-44-80(70)96)55-85(77)100(93)90-62(57-26-6-4-7-27-57)39-24-40-63(90)58-28-8-5-9-29-58/h4-56H,1-3H3/i15D,16D,17D,18D,19D,20D,21D,22D,35D,36D,37D,38D,43D,44D,45D,46D. The summed E-state index contributed by atoms with van der Waals surface area (Å²) in [6, 6.07) is 69.5. The number of para-hydroxylation sites is 7. The Hall–Kier alpha value is -12.6. The summed E-state index contributed by atoms with van der Waals surface area (Å²) in [5, 5.41) is 9.03. The molecule has 0 N–H and O–H groups in total. The number of anilines is 3. The van der Waals surface area contributed by atoms with Crippen molar-refractivity contribution in [1.82, 2.24) is 18.1 Å². The molecule has 22 rings (SSSR count). The van der Waals surface area contributed by atoms with Crippen LogP contribution in [0.3, 0.4) is 0 Å². The molecule has 7 heterocycles. The van der Waals surface area contributed by atoms with Crippen LogP contribution in [0.25, 0.3) is 164 Å². The number of hydrogen-bond donors (Lipinski definition) is 0. The molecule has 0 fully saturated rings. The normalized spacial score (nSPS) is 15.2. The van der Waals surface area contributed by atoms with Crippen LogP contribution in [0.5, 0.6) is 0 Å². The van der Waals surface area contributed by atoms with Crippen molar-refractivity contribution < 1.29 is 21.9 Å². The lowest BCUT2D eigenvalue weighted by atomic mass is 9.33. The molecule has 0 bridgehead atoms. The fourth-order valence-corrected chi connectivity index (χ4v) is 17.2. The molecule has 2 aliphatic heterocycles. The lowest BCUT2D eigenvalue weighted by molar-refractivity contribution is 0.591. The molecule has 0 spiro atoms. The maximum Gasteiger partial charge on any atom is 0.252 e. The molecule has 6 heteroatoms. The van der Waals surface area contributed by atoms with Gasteiger partial charge < -0.3 is 23.0 Å². The molecule has 2 aliphatic rings. The van der Waals surface area contributed by atoms with Gasteiger partial charge in [0, 0.05) is 93.3 Å². The minimum Gasteiger partial charge on any atom is -0.310 e. The van der Waals surface area contributed by atoms with Crippen molar-refractivity contribution in [3.8, 4) is 39.3 Å². The maximum atomic E-state index is 9.96. The number of benzene rings is 15. The molecule has 100 heavy (non-hydrogen) atoms. The second-order valence-electron chi connectivity index (χ2n) is 27.5. The zero-order chi connectivity index (χ0) is 79.7. The highest BCUT2D eigenvalue weighted by atomic mass is 15.2. The van der Waals surface area contributed by atoms with Crippen LogP contribution in [0, 0.1) is 0 Å². The second-order valence-corrected chi connectivity index (χ2v) is 27.5. The van der Waals surface area contributed by atoms with Gasteiger partial charge in [0.05, 0.1) is 77.4 Å². The minimum absolute atomic E-state index is 0.0449. The molecule has 0 saturated heterocycles. The van der Waals surface area contributed by atoms with E-state index in [1.54, 1.807) is 9.13 Å². The Kier molecular flexibility index (Phi) is 8.62. The van der Waals surface area contributed by atoms with E-state index in [0.29, 0.717) is 28.0 Å². The highest BCUT2D eigenvalue weighted by Gasteiger charge is 2.46. The van der Waals surface area contributed by atoms with Crippen molar-refractivity contribution in [3.63, 3.8) is 0 Å². The van der Waals surface area contributed by atoms with Crippen LogP contribution < -0.4 is 21.3 Å². The van der Waals surface area contributed by atoms with E-state index < -0.39 is 109 Å². The molecule has 0 atom stereocenters. The zero-order valence-corrected chi connectivity index (χ0v) is 54.2. The Morgan fingerprint density at radius 3 is 1.42 bits per heavy atom. The first-order valence-electron chi connectivity index (χ1n) is 41.7. The van der Waals surface area contributed by atoms with Crippen LogP contribution in [0.15, 0.2) is 321 Å². The van der Waals surface area contributed by atoms with Crippen molar-refractivity contribution in [3.05, 3.63) is 327 Å². The van der Waals surface area contributed by atoms with Gasteiger partial charge in [-0.15, -0.1) is 0 Å². The molecule has 5 aromatic heterocycles. The minimum atomic E-state index is -0.862. The molecular weight excluding hydrogens is 1210 g/mol. The van der Waals surface area contributed by atoms with E-state index in [1.165, 1.54) is 0 Å². The summed E-state index contributed by atoms with van der Waals surface area (Å²) in [6.07, 6.45) is 0. The monoisotopic (exact) mass is 1290 g/mol. The van der Waals surface area contributed by atoms with Crippen LogP contribution in [0.1, 0.15) is 48.3 Å². The molecule has 0 aliphatic carbocycles. The summed E-state index contributed by atoms with van der Waals surface area (Å²) < 4.78 is 161. The van der Waals surface area contributed by atoms with Crippen LogP contribution in [-0.4, -0.2) is 24.8 Å². The second kappa shape index (κ2) is 20.5. The number of fused-ring (bicyclic) bond motifs is 24. The van der Waals surface area contributed by atoms with Crippen molar-refractivity contribution in [1.29, 1.82) is 0 Å². The predicted octanol–water partition coefficient (Wildman–Crippen LogP) is 22.8. The average molecular weight is 1290 g/mol. The predicted molar refractivity (Wildman–Crippen MR) is 426 cm³/mol. The quantitative estimate of drug-likeness (QED) is 0.157. The first-order valence-corrected chi connectivity index (χ1v) is 33.7. The lowest BCUT2D eigenvalue weighted by Gasteiger charge is -2.42. The number of aromatic nitrogens is 4. The Balaban J connectivity index is 1.03. The van der Waals surface area contributed by atoms with Gasteiger partial charge in [0.15, 0.2) is 0 Å². The maximum absolute atomic E-state index is 9.96. The fourth-order valence-electron chi connectivity index (χ4n) is 17.2. The van der Waals surface area contributed by atoms with Crippen LogP contribution in [0.4, 0.5) is 17.1 Å². The molecule has 5 nitrogen and oxygen atoms in total. The van der Waals surface area contributed by atoms with Crippen LogP contribution in [0.2, 0.25) is 0 Å². The van der Waals surface area contributed by atoms with Crippen LogP contribution in [-0.2, 0) is 5.41 Å². The van der Waals surface area contributed by atoms with Gasteiger partial charge in [-0.2, -0.15) is 0 Å². The van der Waals surface area contributed by atoms with E-state index in [1.807, 2.05) is 66.7 Å². The van der Waals surface area contributed by atoms with Gasteiger partial charge in [0.25, 0.3) is 6.71 Å². The largest absolute Gasteiger partial charge is 0.310 e. The zero-order valence-electron chi connectivity index (χ0n) is 70.2. The lowest BCUT2D eigenvalue weighted by Crippen LogP contribution is -2.60. The molecular formula is C94H62BN5. The third-order valence-electron chi connectivity index (χ3n) is 21.3. The van der Waals surface area contributed by atoms with Crippen molar-refractivity contribution in [2.45, 2.75) is 26.2 Å². The van der Waals surface area contributed by atoms with E-state index in [9.17, 15) is 16.4 Å². The molecule has 0 saturated carbocycles.